The quantitative estimate of drug-likeness (QED) is 0.576. The highest BCUT2D eigenvalue weighted by atomic mass is 32.2. The van der Waals surface area contributed by atoms with Crippen LogP contribution in [0.5, 0.6) is 0 Å². The van der Waals surface area contributed by atoms with E-state index in [0.717, 1.165) is 19.4 Å². The summed E-state index contributed by atoms with van der Waals surface area (Å²) >= 11 is 1.35. The Bertz CT molecular complexity index is 937. The molecular formula is C19H29N5O4S. The molecule has 0 saturated carbocycles. The fourth-order valence-electron chi connectivity index (χ4n) is 3.54. The summed E-state index contributed by atoms with van der Waals surface area (Å²) in [5.41, 5.74) is 0.204. The van der Waals surface area contributed by atoms with Gasteiger partial charge in [0.25, 0.3) is 5.56 Å². The molecule has 0 bridgehead atoms. The predicted molar refractivity (Wildman–Crippen MR) is 111 cm³/mol. The van der Waals surface area contributed by atoms with Crippen LogP contribution >= 0.6 is 11.8 Å². The molecule has 29 heavy (non-hydrogen) atoms. The number of rotatable bonds is 9. The van der Waals surface area contributed by atoms with Gasteiger partial charge in [-0.1, -0.05) is 31.4 Å². The van der Waals surface area contributed by atoms with Gasteiger partial charge in [0, 0.05) is 24.7 Å². The van der Waals surface area contributed by atoms with Crippen molar-refractivity contribution < 1.29 is 10.2 Å². The zero-order valence-electron chi connectivity index (χ0n) is 16.9. The predicted octanol–water partition coefficient (Wildman–Crippen LogP) is 0.896. The Labute approximate surface area is 173 Å². The van der Waals surface area contributed by atoms with Crippen molar-refractivity contribution in [2.24, 2.45) is 0 Å². The summed E-state index contributed by atoms with van der Waals surface area (Å²) in [7, 11) is 0. The van der Waals surface area contributed by atoms with Gasteiger partial charge in [0.2, 0.25) is 0 Å². The first-order valence-electron chi connectivity index (χ1n) is 10.1. The van der Waals surface area contributed by atoms with Crippen molar-refractivity contribution in [3.8, 4) is 0 Å². The highest BCUT2D eigenvalue weighted by Crippen LogP contribution is 2.40. The summed E-state index contributed by atoms with van der Waals surface area (Å²) in [6, 6.07) is 0. The molecule has 2 aromatic rings. The lowest BCUT2D eigenvalue weighted by molar-refractivity contribution is 0.137. The number of aromatic nitrogens is 5. The Morgan fingerprint density at radius 1 is 1.24 bits per heavy atom. The number of unbranched alkanes of at least 4 members (excludes halogenated alkanes) is 3. The molecule has 160 valence electrons. The van der Waals surface area contributed by atoms with Crippen LogP contribution in [0.3, 0.4) is 0 Å². The normalized spacial score (nSPS) is 21.7. The number of aryl methyl sites for hydroxylation is 2. The van der Waals surface area contributed by atoms with Gasteiger partial charge < -0.3 is 10.2 Å². The highest BCUT2D eigenvalue weighted by molar-refractivity contribution is 8.00. The SMILES string of the molecule is CCCCCCn1cc(Cn2c(=O)c(C)cn(C3CC(O)C(CO)S3)c2=O)nn1. The fourth-order valence-corrected chi connectivity index (χ4v) is 4.91. The number of hydrogen-bond acceptors (Lipinski definition) is 7. The number of hydrogen-bond donors (Lipinski definition) is 2. The van der Waals surface area contributed by atoms with Crippen LogP contribution < -0.4 is 11.2 Å². The van der Waals surface area contributed by atoms with E-state index >= 15 is 0 Å². The van der Waals surface area contributed by atoms with Crippen LogP contribution in [0.25, 0.3) is 0 Å². The first kappa shape index (κ1) is 21.8. The number of aliphatic hydroxyl groups excluding tert-OH is 2. The van der Waals surface area contributed by atoms with Gasteiger partial charge >= 0.3 is 5.69 Å². The van der Waals surface area contributed by atoms with Crippen LogP contribution in [0.2, 0.25) is 0 Å². The lowest BCUT2D eigenvalue weighted by atomic mass is 10.2. The van der Waals surface area contributed by atoms with Gasteiger partial charge in [-0.05, 0) is 13.3 Å². The number of thioether (sulfide) groups is 1. The van der Waals surface area contributed by atoms with Crippen LogP contribution in [0, 0.1) is 6.92 Å². The second-order valence-corrected chi connectivity index (χ2v) is 8.96. The zero-order chi connectivity index (χ0) is 21.0. The molecule has 3 atom stereocenters. The van der Waals surface area contributed by atoms with Gasteiger partial charge in [0.05, 0.1) is 36.1 Å². The van der Waals surface area contributed by atoms with Gasteiger partial charge in [0.15, 0.2) is 0 Å². The van der Waals surface area contributed by atoms with Gasteiger partial charge in [-0.15, -0.1) is 16.9 Å². The van der Waals surface area contributed by atoms with E-state index in [-0.39, 0.29) is 29.3 Å². The molecule has 10 heteroatoms. The Morgan fingerprint density at radius 2 is 2.03 bits per heavy atom. The van der Waals surface area contributed by atoms with Crippen molar-refractivity contribution >= 4 is 11.8 Å². The van der Waals surface area contributed by atoms with Crippen LogP contribution in [0.15, 0.2) is 22.0 Å². The molecule has 3 heterocycles. The molecule has 2 aromatic heterocycles. The summed E-state index contributed by atoms with van der Waals surface area (Å²) in [5.74, 6) is 0. The Hall–Kier alpha value is -1.91. The summed E-state index contributed by atoms with van der Waals surface area (Å²) in [4.78, 5) is 25.6. The van der Waals surface area contributed by atoms with Crippen molar-refractivity contribution in [1.82, 2.24) is 24.1 Å². The third-order valence-corrected chi connectivity index (χ3v) is 6.75. The van der Waals surface area contributed by atoms with Gasteiger partial charge in [-0.25, -0.2) is 4.79 Å². The third kappa shape index (κ3) is 4.99. The van der Waals surface area contributed by atoms with Crippen LogP contribution in [-0.2, 0) is 13.1 Å². The molecule has 3 rings (SSSR count). The first-order chi connectivity index (χ1) is 13.9. The van der Waals surface area contributed by atoms with Crippen molar-refractivity contribution in [3.05, 3.63) is 44.5 Å². The van der Waals surface area contributed by atoms with Gasteiger partial charge in [0.1, 0.15) is 5.69 Å². The molecule has 0 spiro atoms. The van der Waals surface area contributed by atoms with Crippen molar-refractivity contribution in [3.63, 3.8) is 0 Å². The molecule has 3 unspecified atom stereocenters. The first-order valence-corrected chi connectivity index (χ1v) is 11.0. The Kier molecular flexibility index (Phi) is 7.31. The summed E-state index contributed by atoms with van der Waals surface area (Å²) in [5, 5.41) is 27.0. The Balaban J connectivity index is 1.80. The molecule has 1 fully saturated rings. The minimum atomic E-state index is -0.685. The molecule has 9 nitrogen and oxygen atoms in total. The topological polar surface area (TPSA) is 115 Å². The highest BCUT2D eigenvalue weighted by Gasteiger charge is 2.35. The molecule has 0 aliphatic carbocycles. The zero-order valence-corrected chi connectivity index (χ0v) is 17.7. The molecule has 1 aliphatic heterocycles. The van der Waals surface area contributed by atoms with E-state index in [1.165, 1.54) is 39.9 Å². The second kappa shape index (κ2) is 9.73. The average Bonchev–Trinajstić information content (AvgIpc) is 3.31. The monoisotopic (exact) mass is 423 g/mol. The third-order valence-electron chi connectivity index (χ3n) is 5.21. The average molecular weight is 424 g/mol. The number of nitrogens with zero attached hydrogens (tertiary/aromatic N) is 5. The van der Waals surface area contributed by atoms with Crippen molar-refractivity contribution in [2.45, 2.75) is 75.8 Å². The Morgan fingerprint density at radius 3 is 2.72 bits per heavy atom. The maximum absolute atomic E-state index is 13.0. The van der Waals surface area contributed by atoms with E-state index < -0.39 is 11.8 Å². The fraction of sp³-hybridized carbons (Fsp3) is 0.684. The maximum atomic E-state index is 13.0. The van der Waals surface area contributed by atoms with Crippen molar-refractivity contribution in [1.29, 1.82) is 0 Å². The number of aliphatic hydroxyl groups is 2. The maximum Gasteiger partial charge on any atom is 0.332 e. The van der Waals surface area contributed by atoms with E-state index in [0.29, 0.717) is 17.7 Å². The molecular weight excluding hydrogens is 394 g/mol. The lowest BCUT2D eigenvalue weighted by Crippen LogP contribution is -2.41. The lowest BCUT2D eigenvalue weighted by Gasteiger charge is -2.16. The standard InChI is InChI=1S/C19H29N5O4S/c1-3-4-5-6-7-22-10-14(20-21-22)11-24-18(27)13(2)9-23(19(24)28)17-8-15(26)16(12-25)29-17/h9-10,15-17,25-26H,3-8,11-12H2,1-2H3. The van der Waals surface area contributed by atoms with E-state index in [9.17, 15) is 19.8 Å². The minimum absolute atomic E-state index is 0.0532. The molecule has 0 aromatic carbocycles. The molecule has 1 aliphatic rings. The van der Waals surface area contributed by atoms with E-state index in [2.05, 4.69) is 17.2 Å². The molecule has 0 amide bonds. The van der Waals surface area contributed by atoms with E-state index in [1.807, 2.05) is 0 Å². The van der Waals surface area contributed by atoms with Crippen molar-refractivity contribution in [2.75, 3.05) is 6.61 Å². The summed E-state index contributed by atoms with van der Waals surface area (Å²) in [6.07, 6.45) is 7.48. The summed E-state index contributed by atoms with van der Waals surface area (Å²) < 4.78 is 4.40. The largest absolute Gasteiger partial charge is 0.395 e. The summed E-state index contributed by atoms with van der Waals surface area (Å²) in [6.45, 7) is 4.49. The minimum Gasteiger partial charge on any atom is -0.395 e. The molecule has 0 radical (unpaired) electrons. The molecule has 2 N–H and O–H groups in total. The molecule has 1 saturated heterocycles. The second-order valence-electron chi connectivity index (χ2n) is 7.54. The van der Waals surface area contributed by atoms with Gasteiger partial charge in [-0.2, -0.15) is 0 Å². The van der Waals surface area contributed by atoms with Gasteiger partial charge in [-0.3, -0.25) is 18.6 Å². The van der Waals surface area contributed by atoms with Crippen LogP contribution in [-0.4, -0.2) is 52.3 Å². The van der Waals surface area contributed by atoms with E-state index in [4.69, 9.17) is 0 Å². The van der Waals surface area contributed by atoms with E-state index in [1.54, 1.807) is 17.8 Å². The van der Waals surface area contributed by atoms with Crippen LogP contribution in [0.1, 0.15) is 55.7 Å². The van der Waals surface area contributed by atoms with Crippen LogP contribution in [0.4, 0.5) is 0 Å². The smallest absolute Gasteiger partial charge is 0.332 e.